The summed E-state index contributed by atoms with van der Waals surface area (Å²) in [7, 11) is 1.63. The predicted octanol–water partition coefficient (Wildman–Crippen LogP) is 1.51. The number of fused-ring (bicyclic) bond motifs is 5. The fourth-order valence-electron chi connectivity index (χ4n) is 4.06. The van der Waals surface area contributed by atoms with Gasteiger partial charge in [-0.05, 0) is 24.3 Å². The van der Waals surface area contributed by atoms with Gasteiger partial charge in [0, 0.05) is 47.2 Å². The minimum atomic E-state index is -0.768. The van der Waals surface area contributed by atoms with Crippen molar-refractivity contribution in [1.29, 1.82) is 0 Å². The first-order chi connectivity index (χ1) is 11.7. The van der Waals surface area contributed by atoms with Crippen LogP contribution in [0.15, 0.2) is 36.7 Å². The van der Waals surface area contributed by atoms with Gasteiger partial charge >= 0.3 is 0 Å². The zero-order valence-corrected chi connectivity index (χ0v) is 13.3. The molecule has 5 rings (SSSR count). The molecule has 1 unspecified atom stereocenters. The molecule has 0 amide bonds. The van der Waals surface area contributed by atoms with Crippen molar-refractivity contribution in [3.05, 3.63) is 53.5 Å². The maximum absolute atomic E-state index is 10.7. The maximum Gasteiger partial charge on any atom is 0.156 e. The van der Waals surface area contributed by atoms with Gasteiger partial charge in [-0.3, -0.25) is 0 Å². The maximum atomic E-state index is 10.7. The van der Waals surface area contributed by atoms with Gasteiger partial charge in [-0.1, -0.05) is 0 Å². The molecule has 2 aliphatic rings. The number of methoxy groups -OCH3 is 1. The average molecular weight is 325 g/mol. The molecular weight excluding hydrogens is 306 g/mol. The predicted molar refractivity (Wildman–Crippen MR) is 88.9 cm³/mol. The molecule has 0 bridgehead atoms. The fraction of sp³-hybridized carbons (Fsp3) is 0.333. The summed E-state index contributed by atoms with van der Waals surface area (Å²) in [5.41, 5.74) is 3.88. The second kappa shape index (κ2) is 4.86. The summed E-state index contributed by atoms with van der Waals surface area (Å²) in [4.78, 5) is 0. The van der Waals surface area contributed by atoms with E-state index in [9.17, 15) is 10.2 Å². The molecule has 4 heterocycles. The first-order valence-corrected chi connectivity index (χ1v) is 8.13. The Balaban J connectivity index is 1.75. The van der Waals surface area contributed by atoms with Crippen molar-refractivity contribution >= 4 is 10.9 Å². The fourth-order valence-corrected chi connectivity index (χ4v) is 4.06. The Morgan fingerprint density at radius 3 is 2.83 bits per heavy atom. The highest BCUT2D eigenvalue weighted by Crippen LogP contribution is 2.47. The van der Waals surface area contributed by atoms with Crippen LogP contribution in [0.3, 0.4) is 0 Å². The summed E-state index contributed by atoms with van der Waals surface area (Å²) >= 11 is 0. The van der Waals surface area contributed by atoms with E-state index in [1.54, 1.807) is 11.7 Å². The molecule has 1 fully saturated rings. The SMILES string of the molecule is COc1cc(C(O)n2cccc2)cc2c1c(CO)c1n2C[C@@H]2N[C@H]12. The number of hydrogen-bond acceptors (Lipinski definition) is 4. The summed E-state index contributed by atoms with van der Waals surface area (Å²) in [5, 5.41) is 25.0. The summed E-state index contributed by atoms with van der Waals surface area (Å²) < 4.78 is 9.60. The molecule has 0 radical (unpaired) electrons. The zero-order valence-electron chi connectivity index (χ0n) is 13.3. The van der Waals surface area contributed by atoms with Crippen LogP contribution in [0, 0.1) is 0 Å². The van der Waals surface area contributed by atoms with Crippen LogP contribution in [0.5, 0.6) is 5.75 Å². The van der Waals surface area contributed by atoms with Gasteiger partial charge in [0.1, 0.15) is 5.75 Å². The van der Waals surface area contributed by atoms with E-state index in [-0.39, 0.29) is 6.61 Å². The van der Waals surface area contributed by atoms with Crippen LogP contribution in [0.2, 0.25) is 0 Å². The molecule has 3 N–H and O–H groups in total. The molecule has 124 valence electrons. The van der Waals surface area contributed by atoms with E-state index < -0.39 is 6.23 Å². The topological polar surface area (TPSA) is 81.5 Å². The van der Waals surface area contributed by atoms with Crippen molar-refractivity contribution in [3.63, 3.8) is 0 Å². The number of hydrogen-bond donors (Lipinski definition) is 3. The summed E-state index contributed by atoms with van der Waals surface area (Å²) in [6.45, 7) is 0.877. The van der Waals surface area contributed by atoms with E-state index in [1.165, 1.54) is 0 Å². The smallest absolute Gasteiger partial charge is 0.156 e. The second-order valence-corrected chi connectivity index (χ2v) is 6.50. The molecule has 6 heteroatoms. The van der Waals surface area contributed by atoms with Crippen LogP contribution >= 0.6 is 0 Å². The van der Waals surface area contributed by atoms with Crippen molar-refractivity contribution in [3.8, 4) is 5.75 Å². The van der Waals surface area contributed by atoms with Crippen LogP contribution in [0.25, 0.3) is 10.9 Å². The third-order valence-electron chi connectivity index (χ3n) is 5.24. The molecule has 0 saturated carbocycles. The first kappa shape index (κ1) is 14.1. The highest BCUT2D eigenvalue weighted by atomic mass is 16.5. The van der Waals surface area contributed by atoms with Crippen LogP contribution in [-0.4, -0.2) is 32.5 Å². The van der Waals surface area contributed by atoms with Gasteiger partial charge < -0.3 is 29.4 Å². The first-order valence-electron chi connectivity index (χ1n) is 8.13. The quantitative estimate of drug-likeness (QED) is 0.635. The average Bonchev–Trinajstić information content (AvgIpc) is 2.98. The van der Waals surface area contributed by atoms with Gasteiger partial charge in [-0.15, -0.1) is 0 Å². The zero-order chi connectivity index (χ0) is 16.4. The van der Waals surface area contributed by atoms with E-state index in [0.717, 1.165) is 34.3 Å². The molecule has 1 saturated heterocycles. The largest absolute Gasteiger partial charge is 0.496 e. The lowest BCUT2D eigenvalue weighted by atomic mass is 10.0. The Labute approximate surface area is 138 Å². The highest BCUT2D eigenvalue weighted by Gasteiger charge is 2.48. The Hall–Kier alpha value is -2.28. The van der Waals surface area contributed by atoms with Crippen molar-refractivity contribution in [1.82, 2.24) is 14.5 Å². The minimum absolute atomic E-state index is 0.0143. The Kier molecular flexibility index (Phi) is 2.85. The number of nitrogens with one attached hydrogen (secondary N) is 1. The number of ether oxygens (including phenoxy) is 1. The van der Waals surface area contributed by atoms with Crippen molar-refractivity contribution in [2.24, 2.45) is 0 Å². The Morgan fingerprint density at radius 2 is 2.12 bits per heavy atom. The lowest BCUT2D eigenvalue weighted by molar-refractivity contribution is 0.146. The van der Waals surface area contributed by atoms with Gasteiger partial charge in [0.2, 0.25) is 0 Å². The Bertz CT molecular complexity index is 929. The van der Waals surface area contributed by atoms with Crippen LogP contribution in [0.4, 0.5) is 0 Å². The number of nitrogens with zero attached hydrogens (tertiary/aromatic N) is 2. The minimum Gasteiger partial charge on any atom is -0.496 e. The number of benzene rings is 1. The van der Waals surface area contributed by atoms with Gasteiger partial charge in [0.05, 0.1) is 25.3 Å². The van der Waals surface area contributed by atoms with Gasteiger partial charge in [-0.2, -0.15) is 0 Å². The van der Waals surface area contributed by atoms with Crippen LogP contribution in [0.1, 0.15) is 29.1 Å². The molecule has 6 nitrogen and oxygen atoms in total. The van der Waals surface area contributed by atoms with E-state index in [0.29, 0.717) is 17.8 Å². The summed E-state index contributed by atoms with van der Waals surface area (Å²) in [5.74, 6) is 0.692. The number of aliphatic hydroxyl groups excluding tert-OH is 2. The summed E-state index contributed by atoms with van der Waals surface area (Å²) in [6.07, 6.45) is 2.90. The second-order valence-electron chi connectivity index (χ2n) is 6.50. The number of rotatable bonds is 4. The molecule has 0 aliphatic carbocycles. The number of aliphatic hydroxyl groups is 2. The third kappa shape index (κ3) is 1.76. The standard InChI is InChI=1S/C18H19N3O3/c1-24-14-7-10(18(23)20-4-2-3-5-20)6-13-15(14)11(9-22)17-16-12(19-16)8-21(13)17/h2-7,12,16,18-19,22-23H,8-9H2,1H3/t12-,16-,18?/m0/s1. The van der Waals surface area contributed by atoms with E-state index in [2.05, 4.69) is 9.88 Å². The lowest BCUT2D eigenvalue weighted by Crippen LogP contribution is -2.09. The lowest BCUT2D eigenvalue weighted by Gasteiger charge is -2.16. The molecule has 2 aliphatic heterocycles. The van der Waals surface area contributed by atoms with E-state index in [4.69, 9.17) is 4.74 Å². The van der Waals surface area contributed by atoms with Gasteiger partial charge in [0.15, 0.2) is 6.23 Å². The molecule has 3 atom stereocenters. The van der Waals surface area contributed by atoms with Crippen LogP contribution < -0.4 is 10.1 Å². The van der Waals surface area contributed by atoms with Crippen LogP contribution in [-0.2, 0) is 13.2 Å². The molecular formula is C18H19N3O3. The van der Waals surface area contributed by atoms with Gasteiger partial charge in [-0.25, -0.2) is 0 Å². The normalized spacial score (nSPS) is 22.5. The van der Waals surface area contributed by atoms with Crippen molar-refractivity contribution in [2.45, 2.75) is 31.5 Å². The van der Waals surface area contributed by atoms with Crippen molar-refractivity contribution in [2.75, 3.05) is 7.11 Å². The highest BCUT2D eigenvalue weighted by molar-refractivity contribution is 5.93. The van der Waals surface area contributed by atoms with E-state index >= 15 is 0 Å². The molecule has 1 aromatic carbocycles. The van der Waals surface area contributed by atoms with E-state index in [1.807, 2.05) is 36.7 Å². The van der Waals surface area contributed by atoms with Crippen molar-refractivity contribution < 1.29 is 14.9 Å². The molecule has 24 heavy (non-hydrogen) atoms. The molecule has 3 aromatic rings. The number of aromatic nitrogens is 2. The summed E-state index contributed by atoms with van der Waals surface area (Å²) in [6, 6.07) is 8.45. The van der Waals surface area contributed by atoms with Gasteiger partial charge in [0.25, 0.3) is 0 Å². The Morgan fingerprint density at radius 1 is 1.33 bits per heavy atom. The monoisotopic (exact) mass is 325 g/mol. The molecule has 2 aromatic heterocycles. The molecule has 0 spiro atoms. The third-order valence-corrected chi connectivity index (χ3v) is 5.24.